The number of nitrogens with zero attached hydrogens (tertiary/aromatic N) is 4. The van der Waals surface area contributed by atoms with Gasteiger partial charge in [0.25, 0.3) is 0 Å². The molecule has 1 saturated heterocycles. The van der Waals surface area contributed by atoms with Crippen molar-refractivity contribution in [2.75, 3.05) is 26.7 Å². The highest BCUT2D eigenvalue weighted by molar-refractivity contribution is 5.76. The van der Waals surface area contributed by atoms with Crippen LogP contribution in [0.25, 0.3) is 17.1 Å². The Hall–Kier alpha value is -3.53. The van der Waals surface area contributed by atoms with Crippen LogP contribution < -0.4 is 15.7 Å². The van der Waals surface area contributed by atoms with Crippen LogP contribution >= 0.6 is 0 Å². The predicted octanol–water partition coefficient (Wildman–Crippen LogP) is 3.35. The number of methoxy groups -OCH3 is 1. The van der Waals surface area contributed by atoms with Crippen LogP contribution in [-0.4, -0.2) is 64.1 Å². The first-order chi connectivity index (χ1) is 17.7. The molecule has 2 aromatic carbocycles. The Labute approximate surface area is 214 Å². The number of halogens is 2. The maximum Gasteiger partial charge on any atom is 0.351 e. The molecule has 0 radical (unpaired) electrons. The average Bonchev–Trinajstić information content (AvgIpc) is 3.19. The minimum Gasteiger partial charge on any atom is -0.494 e. The standard InChI is InChI=1S/C27H33F2N5O3/c1-18(2)30-25(35)17-33-26(20-6-9-23(29)24(16-20)37-3)31-34(27(33)36)22-7-4-19(5-8-22)10-13-32-14-11-21(28)12-15-32/h4-9,16,18,21H,10-15,17H2,1-3H3,(H,30,35). The number of carbonyl (C=O) groups excluding carboxylic acids is 1. The van der Waals surface area contributed by atoms with E-state index in [-0.39, 0.29) is 30.1 Å². The fourth-order valence-corrected chi connectivity index (χ4v) is 4.45. The van der Waals surface area contributed by atoms with Crippen molar-refractivity contribution < 1.29 is 18.3 Å². The molecule has 10 heteroatoms. The van der Waals surface area contributed by atoms with Crippen LogP contribution in [-0.2, 0) is 17.8 Å². The van der Waals surface area contributed by atoms with Gasteiger partial charge in [0, 0.05) is 31.2 Å². The van der Waals surface area contributed by atoms with Gasteiger partial charge in [0.2, 0.25) is 5.91 Å². The number of hydrogen-bond donors (Lipinski definition) is 1. The first-order valence-electron chi connectivity index (χ1n) is 12.5. The smallest absolute Gasteiger partial charge is 0.351 e. The SMILES string of the molecule is COc1cc(-c2nn(-c3ccc(CCN4CCC(F)CC4)cc3)c(=O)n2CC(=O)NC(C)C)ccc1F. The summed E-state index contributed by atoms with van der Waals surface area (Å²) in [6.07, 6.45) is 1.30. The van der Waals surface area contributed by atoms with Gasteiger partial charge in [-0.2, -0.15) is 4.68 Å². The molecule has 0 saturated carbocycles. The summed E-state index contributed by atoms with van der Waals surface area (Å²) in [5.41, 5.74) is 1.60. The van der Waals surface area contributed by atoms with Crippen LogP contribution in [0.3, 0.4) is 0 Å². The fourth-order valence-electron chi connectivity index (χ4n) is 4.45. The predicted molar refractivity (Wildman–Crippen MR) is 137 cm³/mol. The van der Waals surface area contributed by atoms with Gasteiger partial charge in [-0.1, -0.05) is 12.1 Å². The average molecular weight is 514 g/mol. The number of likely N-dealkylation sites (tertiary alicyclic amines) is 1. The van der Waals surface area contributed by atoms with Gasteiger partial charge in [0.05, 0.1) is 12.8 Å². The molecular formula is C27H33F2N5O3. The van der Waals surface area contributed by atoms with Crippen molar-refractivity contribution in [2.45, 2.75) is 51.9 Å². The molecule has 198 valence electrons. The number of nitrogens with one attached hydrogen (secondary N) is 1. The summed E-state index contributed by atoms with van der Waals surface area (Å²) < 4.78 is 35.0. The monoisotopic (exact) mass is 513 g/mol. The second kappa shape index (κ2) is 11.7. The van der Waals surface area contributed by atoms with E-state index in [1.54, 1.807) is 0 Å². The highest BCUT2D eigenvalue weighted by Crippen LogP contribution is 2.25. The lowest BCUT2D eigenvalue weighted by Gasteiger charge is -2.28. The highest BCUT2D eigenvalue weighted by atomic mass is 19.1. The summed E-state index contributed by atoms with van der Waals surface area (Å²) in [5, 5.41) is 7.29. The van der Waals surface area contributed by atoms with E-state index in [2.05, 4.69) is 15.3 Å². The first kappa shape index (κ1) is 26.5. The highest BCUT2D eigenvalue weighted by Gasteiger charge is 2.21. The summed E-state index contributed by atoms with van der Waals surface area (Å²) in [6, 6.07) is 11.6. The van der Waals surface area contributed by atoms with E-state index in [0.29, 0.717) is 24.1 Å². The Kier molecular flexibility index (Phi) is 8.38. The zero-order chi connectivity index (χ0) is 26.5. The quantitative estimate of drug-likeness (QED) is 0.475. The molecule has 0 spiro atoms. The number of aromatic nitrogens is 3. The van der Waals surface area contributed by atoms with Crippen molar-refractivity contribution in [3.8, 4) is 22.8 Å². The molecule has 0 bridgehead atoms. The van der Waals surface area contributed by atoms with E-state index >= 15 is 0 Å². The summed E-state index contributed by atoms with van der Waals surface area (Å²) in [6.45, 7) is 5.82. The summed E-state index contributed by atoms with van der Waals surface area (Å²) in [4.78, 5) is 28.2. The van der Waals surface area contributed by atoms with E-state index in [0.717, 1.165) is 31.6 Å². The zero-order valence-electron chi connectivity index (χ0n) is 21.4. The minimum atomic E-state index is -0.689. The van der Waals surface area contributed by atoms with Crippen LogP contribution in [0.4, 0.5) is 8.78 Å². The molecule has 1 fully saturated rings. The van der Waals surface area contributed by atoms with Gasteiger partial charge < -0.3 is 15.0 Å². The number of carbonyl (C=O) groups is 1. The van der Waals surface area contributed by atoms with Crippen LogP contribution in [0.1, 0.15) is 32.3 Å². The Morgan fingerprint density at radius 2 is 1.86 bits per heavy atom. The van der Waals surface area contributed by atoms with Crippen LogP contribution in [0.2, 0.25) is 0 Å². The Bertz CT molecular complexity index is 1280. The third-order valence-electron chi connectivity index (χ3n) is 6.44. The number of amides is 1. The van der Waals surface area contributed by atoms with Crippen molar-refractivity contribution >= 4 is 5.91 Å². The van der Waals surface area contributed by atoms with Crippen molar-refractivity contribution in [2.24, 2.45) is 0 Å². The van der Waals surface area contributed by atoms with Gasteiger partial charge in [0.15, 0.2) is 17.4 Å². The molecule has 0 atom stereocenters. The topological polar surface area (TPSA) is 81.4 Å². The van der Waals surface area contributed by atoms with E-state index in [1.807, 2.05) is 38.1 Å². The van der Waals surface area contributed by atoms with E-state index in [4.69, 9.17) is 4.74 Å². The second-order valence-corrected chi connectivity index (χ2v) is 9.61. The summed E-state index contributed by atoms with van der Waals surface area (Å²) in [5.74, 6) is -0.638. The van der Waals surface area contributed by atoms with Gasteiger partial charge in [-0.25, -0.2) is 13.6 Å². The lowest BCUT2D eigenvalue weighted by Crippen LogP contribution is -2.36. The summed E-state index contributed by atoms with van der Waals surface area (Å²) in [7, 11) is 1.36. The van der Waals surface area contributed by atoms with Crippen LogP contribution in [0, 0.1) is 5.82 Å². The molecule has 1 N–H and O–H groups in total. The molecule has 2 heterocycles. The first-order valence-corrected chi connectivity index (χ1v) is 12.5. The number of ether oxygens (including phenoxy) is 1. The lowest BCUT2D eigenvalue weighted by atomic mass is 10.1. The van der Waals surface area contributed by atoms with Crippen molar-refractivity contribution in [3.05, 3.63) is 64.3 Å². The molecule has 3 aromatic rings. The molecule has 8 nitrogen and oxygen atoms in total. The molecule has 37 heavy (non-hydrogen) atoms. The molecule has 0 unspecified atom stereocenters. The number of rotatable bonds is 9. The lowest BCUT2D eigenvalue weighted by molar-refractivity contribution is -0.122. The third-order valence-corrected chi connectivity index (χ3v) is 6.44. The molecule has 4 rings (SSSR count). The molecule has 1 amide bonds. The second-order valence-electron chi connectivity index (χ2n) is 9.61. The van der Waals surface area contributed by atoms with Crippen LogP contribution in [0.15, 0.2) is 47.3 Å². The van der Waals surface area contributed by atoms with Crippen molar-refractivity contribution in [1.82, 2.24) is 24.6 Å². The largest absolute Gasteiger partial charge is 0.494 e. The number of benzene rings is 2. The molecule has 1 aliphatic rings. The fraction of sp³-hybridized carbons (Fsp3) is 0.444. The number of hydrogen-bond acceptors (Lipinski definition) is 5. The van der Waals surface area contributed by atoms with Crippen molar-refractivity contribution in [3.63, 3.8) is 0 Å². The summed E-state index contributed by atoms with van der Waals surface area (Å²) >= 11 is 0. The molecule has 1 aromatic heterocycles. The zero-order valence-corrected chi connectivity index (χ0v) is 21.4. The number of alkyl halides is 1. The maximum absolute atomic E-state index is 14.0. The number of piperidine rings is 1. The van der Waals surface area contributed by atoms with Gasteiger partial charge in [-0.3, -0.25) is 9.36 Å². The maximum atomic E-state index is 14.0. The van der Waals surface area contributed by atoms with Gasteiger partial charge in [-0.05, 0) is 69.0 Å². The van der Waals surface area contributed by atoms with E-state index < -0.39 is 17.7 Å². The minimum absolute atomic E-state index is 0.0118. The Balaban J connectivity index is 1.61. The molecule has 1 aliphatic heterocycles. The molecule has 0 aliphatic carbocycles. The van der Waals surface area contributed by atoms with Crippen LogP contribution in [0.5, 0.6) is 5.75 Å². The molecular weight excluding hydrogens is 480 g/mol. The van der Waals surface area contributed by atoms with Gasteiger partial charge in [-0.15, -0.1) is 5.10 Å². The van der Waals surface area contributed by atoms with Gasteiger partial charge >= 0.3 is 5.69 Å². The van der Waals surface area contributed by atoms with E-state index in [1.165, 1.54) is 34.6 Å². The third kappa shape index (κ3) is 6.43. The Morgan fingerprint density at radius 1 is 1.16 bits per heavy atom. The van der Waals surface area contributed by atoms with Crippen molar-refractivity contribution in [1.29, 1.82) is 0 Å². The van der Waals surface area contributed by atoms with Gasteiger partial charge in [0.1, 0.15) is 12.7 Å². The Morgan fingerprint density at radius 3 is 2.51 bits per heavy atom. The van der Waals surface area contributed by atoms with E-state index in [9.17, 15) is 18.4 Å². The normalized spacial score (nSPS) is 14.8.